The van der Waals surface area contributed by atoms with Crippen molar-refractivity contribution < 1.29 is 24.6 Å². The number of aliphatic carboxylic acids is 1. The predicted octanol–water partition coefficient (Wildman–Crippen LogP) is 1.41. The van der Waals surface area contributed by atoms with Crippen LogP contribution in [0.2, 0.25) is 0 Å². The van der Waals surface area contributed by atoms with Gasteiger partial charge in [0.15, 0.2) is 0 Å². The second-order valence-corrected chi connectivity index (χ2v) is 7.55. The molecule has 0 aliphatic rings. The number of nitrogens with two attached hydrogens (primary N) is 1. The number of phenolic OH excluding ortho intramolecular Hbond substituents is 1. The summed E-state index contributed by atoms with van der Waals surface area (Å²) in [5.74, 6) is -2.35. The quantitative estimate of drug-likeness (QED) is 0.375. The zero-order valence-corrected chi connectivity index (χ0v) is 17.5. The molecule has 8 nitrogen and oxygen atoms in total. The number of carbonyl (C=O) groups is 3. The number of carboxylic acids is 1. The summed E-state index contributed by atoms with van der Waals surface area (Å²) in [6.07, 6.45) is 1.39. The Morgan fingerprint density at radius 2 is 1.52 bits per heavy atom. The highest BCUT2D eigenvalue weighted by atomic mass is 16.4. The molecule has 1 aromatic rings. The van der Waals surface area contributed by atoms with E-state index >= 15 is 0 Å². The summed E-state index contributed by atoms with van der Waals surface area (Å²) in [5.41, 5.74) is 6.62. The van der Waals surface area contributed by atoms with Gasteiger partial charge in [0.05, 0.1) is 6.04 Å². The maximum Gasteiger partial charge on any atom is 0.326 e. The summed E-state index contributed by atoms with van der Waals surface area (Å²) < 4.78 is 0. The van der Waals surface area contributed by atoms with Gasteiger partial charge in [0, 0.05) is 6.42 Å². The highest BCUT2D eigenvalue weighted by Crippen LogP contribution is 2.14. The van der Waals surface area contributed by atoms with Crippen molar-refractivity contribution in [3.05, 3.63) is 29.8 Å². The van der Waals surface area contributed by atoms with Gasteiger partial charge in [-0.3, -0.25) is 9.59 Å². The monoisotopic (exact) mass is 407 g/mol. The summed E-state index contributed by atoms with van der Waals surface area (Å²) in [7, 11) is 0. The fourth-order valence-electron chi connectivity index (χ4n) is 2.79. The van der Waals surface area contributed by atoms with Crippen LogP contribution in [0.1, 0.15) is 46.1 Å². The molecule has 0 aliphatic carbocycles. The molecule has 0 saturated carbocycles. The van der Waals surface area contributed by atoms with Crippen LogP contribution in [0, 0.1) is 11.8 Å². The van der Waals surface area contributed by atoms with Crippen LogP contribution < -0.4 is 16.4 Å². The minimum Gasteiger partial charge on any atom is -0.508 e. The van der Waals surface area contributed by atoms with Crippen molar-refractivity contribution in [2.75, 3.05) is 0 Å². The van der Waals surface area contributed by atoms with Gasteiger partial charge in [-0.2, -0.15) is 0 Å². The van der Waals surface area contributed by atoms with Gasteiger partial charge in [-0.1, -0.05) is 52.7 Å². The zero-order chi connectivity index (χ0) is 22.1. The number of phenols is 1. The van der Waals surface area contributed by atoms with Gasteiger partial charge in [0.25, 0.3) is 0 Å². The Hall–Kier alpha value is -2.61. The fourth-order valence-corrected chi connectivity index (χ4v) is 2.79. The molecule has 0 saturated heterocycles. The molecule has 0 aromatic heterocycles. The molecule has 6 N–H and O–H groups in total. The number of carboxylic acid groups (broad SMARTS) is 1. The molecule has 0 unspecified atom stereocenters. The van der Waals surface area contributed by atoms with Crippen LogP contribution in [0.25, 0.3) is 0 Å². The molecule has 0 bridgehead atoms. The molecule has 0 radical (unpaired) electrons. The highest BCUT2D eigenvalue weighted by molar-refractivity contribution is 5.92. The molecule has 0 spiro atoms. The smallest absolute Gasteiger partial charge is 0.326 e. The molecule has 0 fully saturated rings. The van der Waals surface area contributed by atoms with E-state index in [0.717, 1.165) is 6.42 Å². The largest absolute Gasteiger partial charge is 0.508 e. The van der Waals surface area contributed by atoms with Gasteiger partial charge in [0.1, 0.15) is 17.8 Å². The Bertz CT molecular complexity index is 692. The first-order valence-electron chi connectivity index (χ1n) is 9.97. The third-order valence-electron chi connectivity index (χ3n) is 5.34. The van der Waals surface area contributed by atoms with E-state index in [0.29, 0.717) is 12.0 Å². The first-order chi connectivity index (χ1) is 13.6. The average Bonchev–Trinajstić information content (AvgIpc) is 2.70. The molecular weight excluding hydrogens is 374 g/mol. The van der Waals surface area contributed by atoms with Crippen LogP contribution >= 0.6 is 0 Å². The summed E-state index contributed by atoms with van der Waals surface area (Å²) in [6, 6.07) is 3.30. The second-order valence-electron chi connectivity index (χ2n) is 7.55. The number of carbonyl (C=O) groups excluding carboxylic acids is 2. The normalized spacial score (nSPS) is 16.2. The van der Waals surface area contributed by atoms with Crippen molar-refractivity contribution in [1.29, 1.82) is 0 Å². The van der Waals surface area contributed by atoms with Crippen molar-refractivity contribution in [3.8, 4) is 5.75 Å². The molecule has 29 heavy (non-hydrogen) atoms. The summed E-state index contributed by atoms with van der Waals surface area (Å²) >= 11 is 0. The van der Waals surface area contributed by atoms with E-state index in [1.807, 2.05) is 27.7 Å². The van der Waals surface area contributed by atoms with Gasteiger partial charge in [-0.05, 0) is 29.5 Å². The van der Waals surface area contributed by atoms with E-state index in [2.05, 4.69) is 10.6 Å². The lowest BCUT2D eigenvalue weighted by Crippen LogP contribution is -2.57. The number of benzene rings is 1. The van der Waals surface area contributed by atoms with Crippen LogP contribution in [-0.4, -0.2) is 46.1 Å². The Morgan fingerprint density at radius 3 is 2.00 bits per heavy atom. The SMILES string of the molecule is CC[C@H](C)[C@H](N)C(=O)N[C@H](C(=O)N[C@@H](Cc1ccc(O)cc1)C(=O)O)[C@@H](C)CC. The van der Waals surface area contributed by atoms with Gasteiger partial charge in [-0.15, -0.1) is 0 Å². The van der Waals surface area contributed by atoms with Crippen molar-refractivity contribution in [3.63, 3.8) is 0 Å². The Kier molecular flexibility index (Phi) is 9.61. The van der Waals surface area contributed by atoms with Crippen molar-refractivity contribution in [2.45, 2.75) is 65.1 Å². The van der Waals surface area contributed by atoms with Gasteiger partial charge in [-0.25, -0.2) is 4.79 Å². The van der Waals surface area contributed by atoms with Crippen LogP contribution in [0.5, 0.6) is 5.75 Å². The summed E-state index contributed by atoms with van der Waals surface area (Å²) in [4.78, 5) is 37.0. The lowest BCUT2D eigenvalue weighted by molar-refractivity contribution is -0.142. The van der Waals surface area contributed by atoms with Gasteiger partial charge in [0.2, 0.25) is 11.8 Å². The van der Waals surface area contributed by atoms with E-state index in [-0.39, 0.29) is 24.0 Å². The maximum absolute atomic E-state index is 12.8. The standard InChI is InChI=1S/C21H33N3O5/c1-5-12(3)17(22)19(26)24-18(13(4)6-2)20(27)23-16(21(28)29)11-14-7-9-15(25)10-8-14/h7-10,12-13,16-18,25H,5-6,11,22H2,1-4H3,(H,23,27)(H,24,26)(H,28,29)/t12-,13-,16-,17-,18-/m0/s1. The molecule has 1 rings (SSSR count). The molecule has 0 aliphatic heterocycles. The molecule has 5 atom stereocenters. The fraction of sp³-hybridized carbons (Fsp3) is 0.571. The molecule has 8 heteroatoms. The van der Waals surface area contributed by atoms with Crippen LogP contribution in [0.3, 0.4) is 0 Å². The van der Waals surface area contributed by atoms with E-state index < -0.39 is 35.9 Å². The van der Waals surface area contributed by atoms with Crippen LogP contribution in [0.4, 0.5) is 0 Å². The highest BCUT2D eigenvalue weighted by Gasteiger charge is 2.31. The number of nitrogens with one attached hydrogen (secondary N) is 2. The number of amides is 2. The van der Waals surface area contributed by atoms with Crippen LogP contribution in [0.15, 0.2) is 24.3 Å². The maximum atomic E-state index is 12.8. The van der Waals surface area contributed by atoms with Crippen LogP contribution in [-0.2, 0) is 20.8 Å². The zero-order valence-electron chi connectivity index (χ0n) is 17.5. The van der Waals surface area contributed by atoms with E-state index in [1.54, 1.807) is 12.1 Å². The predicted molar refractivity (Wildman–Crippen MR) is 110 cm³/mol. The topological polar surface area (TPSA) is 142 Å². The Labute approximate surface area is 171 Å². The van der Waals surface area contributed by atoms with Crippen molar-refractivity contribution >= 4 is 17.8 Å². The first kappa shape index (κ1) is 24.4. The van der Waals surface area contributed by atoms with E-state index in [1.165, 1.54) is 12.1 Å². The van der Waals surface area contributed by atoms with Crippen molar-refractivity contribution in [1.82, 2.24) is 10.6 Å². The molecular formula is C21H33N3O5. The van der Waals surface area contributed by atoms with Crippen molar-refractivity contribution in [2.24, 2.45) is 17.6 Å². The number of aromatic hydroxyl groups is 1. The Morgan fingerprint density at radius 1 is 0.966 bits per heavy atom. The minimum absolute atomic E-state index is 0.0445. The minimum atomic E-state index is -1.18. The summed E-state index contributed by atoms with van der Waals surface area (Å²) in [6.45, 7) is 7.49. The van der Waals surface area contributed by atoms with Gasteiger partial charge >= 0.3 is 5.97 Å². The van der Waals surface area contributed by atoms with E-state index in [4.69, 9.17) is 5.73 Å². The number of hydrogen-bond acceptors (Lipinski definition) is 5. The number of hydrogen-bond donors (Lipinski definition) is 5. The Balaban J connectivity index is 2.91. The molecule has 1 aromatic carbocycles. The van der Waals surface area contributed by atoms with Gasteiger partial charge < -0.3 is 26.6 Å². The third kappa shape index (κ3) is 7.38. The molecule has 162 valence electrons. The molecule has 0 heterocycles. The molecule has 2 amide bonds. The summed E-state index contributed by atoms with van der Waals surface area (Å²) in [5, 5.41) is 24.1. The number of rotatable bonds is 11. The lowest BCUT2D eigenvalue weighted by Gasteiger charge is -2.27. The lowest BCUT2D eigenvalue weighted by atomic mass is 9.95. The third-order valence-corrected chi connectivity index (χ3v) is 5.34. The van der Waals surface area contributed by atoms with E-state index in [9.17, 15) is 24.6 Å². The average molecular weight is 408 g/mol. The second kappa shape index (κ2) is 11.4. The first-order valence-corrected chi connectivity index (χ1v) is 9.97.